The average Bonchev–Trinajstić information content (AvgIpc) is 2.68. The Morgan fingerprint density at radius 1 is 1.60 bits per heavy atom. The third-order valence-corrected chi connectivity index (χ3v) is 2.79. The molecule has 0 aliphatic carbocycles. The summed E-state index contributed by atoms with van der Waals surface area (Å²) in [4.78, 5) is 6.45. The van der Waals surface area contributed by atoms with Crippen molar-refractivity contribution in [3.8, 4) is 0 Å². The fourth-order valence-electron chi connectivity index (χ4n) is 1.83. The largest absolute Gasteiger partial charge is 0.359 e. The van der Waals surface area contributed by atoms with E-state index in [-0.39, 0.29) is 0 Å². The molecule has 1 rings (SSSR count). The molecule has 0 saturated carbocycles. The quantitative estimate of drug-likeness (QED) is 0.403. The number of nitrogens with zero attached hydrogens (tertiary/aromatic N) is 2. The first kappa shape index (κ1) is 12.0. The second-order valence-electron chi connectivity index (χ2n) is 3.93. The van der Waals surface area contributed by atoms with Gasteiger partial charge >= 0.3 is 0 Å². The molecule has 0 amide bonds. The van der Waals surface area contributed by atoms with Crippen molar-refractivity contribution >= 4 is 5.96 Å². The summed E-state index contributed by atoms with van der Waals surface area (Å²) in [5, 5.41) is 6.37. The summed E-state index contributed by atoms with van der Waals surface area (Å²) < 4.78 is 0. The van der Waals surface area contributed by atoms with Gasteiger partial charge in [-0.2, -0.15) is 0 Å². The second kappa shape index (κ2) is 5.75. The first-order valence-electron chi connectivity index (χ1n) is 5.46. The van der Waals surface area contributed by atoms with Crippen LogP contribution in [0.3, 0.4) is 0 Å². The van der Waals surface area contributed by atoms with Crippen molar-refractivity contribution in [1.29, 1.82) is 0 Å². The summed E-state index contributed by atoms with van der Waals surface area (Å²) in [6.45, 7) is 4.18. The third kappa shape index (κ3) is 3.23. The topological polar surface area (TPSA) is 39.7 Å². The van der Waals surface area contributed by atoms with Gasteiger partial charge in [0.1, 0.15) is 0 Å². The number of aliphatic imine (C=N–C) groups is 1. The lowest BCUT2D eigenvalue weighted by molar-refractivity contribution is 0.499. The van der Waals surface area contributed by atoms with Crippen LogP contribution in [-0.4, -0.2) is 51.1 Å². The molecular weight excluding hydrogens is 188 g/mol. The molecule has 0 fully saturated rings. The maximum atomic E-state index is 4.20. The van der Waals surface area contributed by atoms with Gasteiger partial charge in [-0.3, -0.25) is 4.99 Å². The molecule has 1 aliphatic heterocycles. The van der Waals surface area contributed by atoms with E-state index in [0.717, 1.165) is 25.5 Å². The number of nitrogens with one attached hydrogen (secondary N) is 2. The van der Waals surface area contributed by atoms with Gasteiger partial charge in [0.25, 0.3) is 0 Å². The standard InChI is InChI=1S/C11H22N4/c1-9(12-2)7-10-5-6-15(8-10)11(13-3)14-4/h5,9,12H,6-8H2,1-4H3,(H,13,14). The van der Waals surface area contributed by atoms with E-state index in [1.165, 1.54) is 5.57 Å². The van der Waals surface area contributed by atoms with E-state index in [1.54, 1.807) is 0 Å². The lowest BCUT2D eigenvalue weighted by Crippen LogP contribution is -2.38. The number of hydrogen-bond donors (Lipinski definition) is 2. The molecule has 4 heteroatoms. The Morgan fingerprint density at radius 2 is 2.33 bits per heavy atom. The van der Waals surface area contributed by atoms with E-state index in [1.807, 2.05) is 21.1 Å². The molecule has 2 N–H and O–H groups in total. The summed E-state index contributed by atoms with van der Waals surface area (Å²) >= 11 is 0. The molecule has 0 aromatic carbocycles. The minimum atomic E-state index is 0.549. The van der Waals surface area contributed by atoms with Gasteiger partial charge in [0, 0.05) is 33.2 Å². The van der Waals surface area contributed by atoms with Gasteiger partial charge in [0.2, 0.25) is 0 Å². The van der Waals surface area contributed by atoms with Crippen molar-refractivity contribution in [2.75, 3.05) is 34.2 Å². The minimum absolute atomic E-state index is 0.549. The van der Waals surface area contributed by atoms with Crippen LogP contribution in [0.4, 0.5) is 0 Å². The smallest absolute Gasteiger partial charge is 0.193 e. The molecule has 1 atom stereocenters. The van der Waals surface area contributed by atoms with E-state index in [4.69, 9.17) is 0 Å². The molecule has 86 valence electrons. The zero-order valence-electron chi connectivity index (χ0n) is 10.2. The van der Waals surface area contributed by atoms with Crippen LogP contribution in [0, 0.1) is 0 Å². The Balaban J connectivity index is 2.43. The van der Waals surface area contributed by atoms with Crippen LogP contribution in [0.25, 0.3) is 0 Å². The molecule has 0 radical (unpaired) electrons. The molecule has 0 spiro atoms. The SMILES string of the molecule is CN=C(NC)N1CC=C(CC(C)NC)C1. The van der Waals surface area contributed by atoms with Gasteiger partial charge in [0.05, 0.1) is 0 Å². The lowest BCUT2D eigenvalue weighted by Gasteiger charge is -2.20. The van der Waals surface area contributed by atoms with E-state index in [9.17, 15) is 0 Å². The van der Waals surface area contributed by atoms with E-state index >= 15 is 0 Å². The van der Waals surface area contributed by atoms with E-state index in [2.05, 4.69) is 33.5 Å². The Kier molecular flexibility index (Phi) is 4.62. The summed E-state index contributed by atoms with van der Waals surface area (Å²) in [6.07, 6.45) is 3.42. The maximum Gasteiger partial charge on any atom is 0.193 e. The highest BCUT2D eigenvalue weighted by Crippen LogP contribution is 2.14. The minimum Gasteiger partial charge on any atom is -0.359 e. The van der Waals surface area contributed by atoms with Gasteiger partial charge in [-0.1, -0.05) is 11.6 Å². The van der Waals surface area contributed by atoms with Crippen LogP contribution in [0.5, 0.6) is 0 Å². The van der Waals surface area contributed by atoms with Gasteiger partial charge < -0.3 is 15.5 Å². The fraction of sp³-hybridized carbons (Fsp3) is 0.727. The van der Waals surface area contributed by atoms with Gasteiger partial charge in [-0.05, 0) is 20.4 Å². The Bertz CT molecular complexity index is 257. The van der Waals surface area contributed by atoms with Gasteiger partial charge in [0.15, 0.2) is 5.96 Å². The van der Waals surface area contributed by atoms with E-state index in [0.29, 0.717) is 6.04 Å². The summed E-state index contributed by atoms with van der Waals surface area (Å²) in [5.74, 6) is 0.971. The van der Waals surface area contributed by atoms with Crippen molar-refractivity contribution in [2.45, 2.75) is 19.4 Å². The third-order valence-electron chi connectivity index (χ3n) is 2.79. The fourth-order valence-corrected chi connectivity index (χ4v) is 1.83. The van der Waals surface area contributed by atoms with Gasteiger partial charge in [-0.25, -0.2) is 0 Å². The number of guanidine groups is 1. The summed E-state index contributed by atoms with van der Waals surface area (Å²) in [5.41, 5.74) is 1.49. The van der Waals surface area contributed by atoms with Crippen LogP contribution in [0.15, 0.2) is 16.6 Å². The first-order valence-corrected chi connectivity index (χ1v) is 5.46. The lowest BCUT2D eigenvalue weighted by atomic mass is 10.1. The van der Waals surface area contributed by atoms with Crippen molar-refractivity contribution < 1.29 is 0 Å². The molecule has 0 saturated heterocycles. The van der Waals surface area contributed by atoms with Gasteiger partial charge in [-0.15, -0.1) is 0 Å². The Labute approximate surface area is 92.4 Å². The molecule has 15 heavy (non-hydrogen) atoms. The highest BCUT2D eigenvalue weighted by Gasteiger charge is 2.17. The molecule has 4 nitrogen and oxygen atoms in total. The van der Waals surface area contributed by atoms with Crippen molar-refractivity contribution in [3.63, 3.8) is 0 Å². The number of hydrogen-bond acceptors (Lipinski definition) is 2. The van der Waals surface area contributed by atoms with Crippen LogP contribution in [-0.2, 0) is 0 Å². The molecule has 1 heterocycles. The molecule has 0 aromatic heterocycles. The zero-order valence-corrected chi connectivity index (χ0v) is 10.2. The average molecular weight is 210 g/mol. The zero-order chi connectivity index (χ0) is 11.3. The summed E-state index contributed by atoms with van der Waals surface area (Å²) in [6, 6.07) is 0.549. The Morgan fingerprint density at radius 3 is 2.87 bits per heavy atom. The monoisotopic (exact) mass is 210 g/mol. The highest BCUT2D eigenvalue weighted by atomic mass is 15.3. The van der Waals surface area contributed by atoms with Crippen molar-refractivity contribution in [2.24, 2.45) is 4.99 Å². The molecule has 1 unspecified atom stereocenters. The van der Waals surface area contributed by atoms with Crippen LogP contribution >= 0.6 is 0 Å². The number of rotatable bonds is 3. The molecule has 0 aromatic rings. The first-order chi connectivity index (χ1) is 7.21. The molecule has 1 aliphatic rings. The van der Waals surface area contributed by atoms with Crippen molar-refractivity contribution in [3.05, 3.63) is 11.6 Å². The Hall–Kier alpha value is -1.03. The van der Waals surface area contributed by atoms with Crippen LogP contribution in [0.1, 0.15) is 13.3 Å². The second-order valence-corrected chi connectivity index (χ2v) is 3.93. The van der Waals surface area contributed by atoms with E-state index < -0.39 is 0 Å². The predicted octanol–water partition coefficient (Wildman–Crippen LogP) is 0.432. The predicted molar refractivity (Wildman–Crippen MR) is 65.2 cm³/mol. The van der Waals surface area contributed by atoms with Crippen LogP contribution < -0.4 is 10.6 Å². The van der Waals surface area contributed by atoms with Crippen molar-refractivity contribution in [1.82, 2.24) is 15.5 Å². The summed E-state index contributed by atoms with van der Waals surface area (Å²) in [7, 11) is 5.74. The maximum absolute atomic E-state index is 4.20. The molecule has 0 bridgehead atoms. The normalized spacial score (nSPS) is 19.1. The van der Waals surface area contributed by atoms with Crippen LogP contribution in [0.2, 0.25) is 0 Å². The highest BCUT2D eigenvalue weighted by molar-refractivity contribution is 5.80. The molecular formula is C11H22N4.